The van der Waals surface area contributed by atoms with Gasteiger partial charge in [0.1, 0.15) is 5.69 Å². The summed E-state index contributed by atoms with van der Waals surface area (Å²) >= 11 is 3.23. The number of hydrogen-bond acceptors (Lipinski definition) is 4. The Morgan fingerprint density at radius 2 is 2.14 bits per heavy atom. The summed E-state index contributed by atoms with van der Waals surface area (Å²) in [6.45, 7) is 5.17. The highest BCUT2D eigenvalue weighted by Gasteiger charge is 2.22. The molecule has 2 rings (SSSR count). The number of ether oxygens (including phenoxy) is 1. The van der Waals surface area contributed by atoms with Gasteiger partial charge in [-0.2, -0.15) is 5.10 Å². The highest BCUT2D eigenvalue weighted by Crippen LogP contribution is 2.19. The van der Waals surface area contributed by atoms with Crippen molar-refractivity contribution in [2.45, 2.75) is 26.9 Å². The maximum atomic E-state index is 12.2. The van der Waals surface area contributed by atoms with Gasteiger partial charge in [-0.05, 0) is 42.8 Å². The Kier molecular flexibility index (Phi) is 4.70. The molecule has 0 aliphatic heterocycles. The number of halogens is 1. The SMILES string of the molecule is Cc1nn(C)c(C)c1NC(=O)C(C)OC(=O)c1cc(Br)c[nH]1. The second-order valence-corrected chi connectivity index (χ2v) is 5.85. The molecule has 1 amide bonds. The smallest absolute Gasteiger partial charge is 0.355 e. The fourth-order valence-corrected chi connectivity index (χ4v) is 2.29. The molecule has 8 heteroatoms. The Labute approximate surface area is 136 Å². The molecule has 0 saturated carbocycles. The first-order valence-electron chi connectivity index (χ1n) is 6.65. The molecule has 2 aromatic heterocycles. The van der Waals surface area contributed by atoms with Gasteiger partial charge in [-0.1, -0.05) is 0 Å². The third-order valence-electron chi connectivity index (χ3n) is 3.28. The van der Waals surface area contributed by atoms with Gasteiger partial charge < -0.3 is 15.0 Å². The van der Waals surface area contributed by atoms with E-state index in [2.05, 4.69) is 31.3 Å². The average molecular weight is 369 g/mol. The number of aromatic amines is 1. The molecule has 0 bridgehead atoms. The molecule has 1 unspecified atom stereocenters. The van der Waals surface area contributed by atoms with Crippen molar-refractivity contribution in [2.24, 2.45) is 7.05 Å². The van der Waals surface area contributed by atoms with E-state index in [1.165, 1.54) is 6.92 Å². The molecule has 0 fully saturated rings. The molecule has 0 aliphatic rings. The van der Waals surface area contributed by atoms with Crippen LogP contribution in [-0.4, -0.2) is 32.7 Å². The highest BCUT2D eigenvalue weighted by atomic mass is 79.9. The van der Waals surface area contributed by atoms with Crippen molar-refractivity contribution < 1.29 is 14.3 Å². The van der Waals surface area contributed by atoms with Crippen LogP contribution in [0.3, 0.4) is 0 Å². The van der Waals surface area contributed by atoms with E-state index in [1.54, 1.807) is 30.9 Å². The molecule has 0 spiro atoms. The third kappa shape index (κ3) is 3.38. The molecule has 2 N–H and O–H groups in total. The van der Waals surface area contributed by atoms with E-state index in [0.717, 1.165) is 10.2 Å². The number of carbonyl (C=O) groups is 2. The van der Waals surface area contributed by atoms with E-state index in [9.17, 15) is 9.59 Å². The van der Waals surface area contributed by atoms with Crippen LogP contribution in [0.1, 0.15) is 28.8 Å². The topological polar surface area (TPSA) is 89.0 Å². The second kappa shape index (κ2) is 6.35. The summed E-state index contributed by atoms with van der Waals surface area (Å²) in [7, 11) is 1.80. The summed E-state index contributed by atoms with van der Waals surface area (Å²) in [5.41, 5.74) is 2.45. The number of hydrogen-bond donors (Lipinski definition) is 2. The predicted octanol–water partition coefficient (Wildman–Crippen LogP) is 2.31. The zero-order valence-corrected chi connectivity index (χ0v) is 14.3. The van der Waals surface area contributed by atoms with E-state index in [1.807, 2.05) is 6.92 Å². The van der Waals surface area contributed by atoms with E-state index >= 15 is 0 Å². The normalized spacial score (nSPS) is 12.0. The quantitative estimate of drug-likeness (QED) is 0.810. The van der Waals surface area contributed by atoms with Crippen LogP contribution < -0.4 is 5.32 Å². The van der Waals surface area contributed by atoms with Crippen molar-refractivity contribution in [3.8, 4) is 0 Å². The zero-order chi connectivity index (χ0) is 16.4. The fraction of sp³-hybridized carbons (Fsp3) is 0.357. The molecular weight excluding hydrogens is 352 g/mol. The second-order valence-electron chi connectivity index (χ2n) is 4.94. The number of nitrogens with zero attached hydrogens (tertiary/aromatic N) is 2. The van der Waals surface area contributed by atoms with Crippen LogP contribution in [-0.2, 0) is 16.6 Å². The molecule has 2 heterocycles. The van der Waals surface area contributed by atoms with Gasteiger partial charge in [0.25, 0.3) is 5.91 Å². The molecule has 0 saturated heterocycles. The number of aromatic nitrogens is 3. The van der Waals surface area contributed by atoms with Crippen molar-refractivity contribution in [3.05, 3.63) is 33.8 Å². The maximum absolute atomic E-state index is 12.2. The van der Waals surface area contributed by atoms with Crippen molar-refractivity contribution in [2.75, 3.05) is 5.32 Å². The molecule has 2 aromatic rings. The van der Waals surface area contributed by atoms with Crippen molar-refractivity contribution in [1.29, 1.82) is 0 Å². The van der Waals surface area contributed by atoms with Crippen LogP contribution in [0.5, 0.6) is 0 Å². The summed E-state index contributed by atoms with van der Waals surface area (Å²) in [5, 5.41) is 6.96. The minimum atomic E-state index is -0.923. The van der Waals surface area contributed by atoms with E-state index in [-0.39, 0.29) is 5.69 Å². The summed E-state index contributed by atoms with van der Waals surface area (Å²) in [4.78, 5) is 26.8. The molecular formula is C14H17BrN4O3. The Morgan fingerprint density at radius 1 is 1.45 bits per heavy atom. The molecule has 1 atom stereocenters. The lowest BCUT2D eigenvalue weighted by Gasteiger charge is -2.13. The monoisotopic (exact) mass is 368 g/mol. The molecule has 0 radical (unpaired) electrons. The number of carbonyl (C=O) groups excluding carboxylic acids is 2. The Bertz CT molecular complexity index is 720. The number of amides is 1. The van der Waals surface area contributed by atoms with E-state index < -0.39 is 18.0 Å². The van der Waals surface area contributed by atoms with Crippen LogP contribution >= 0.6 is 15.9 Å². The lowest BCUT2D eigenvalue weighted by molar-refractivity contribution is -0.123. The Balaban J connectivity index is 2.02. The van der Waals surface area contributed by atoms with Gasteiger partial charge in [0.05, 0.1) is 17.1 Å². The van der Waals surface area contributed by atoms with Gasteiger partial charge in [-0.15, -0.1) is 0 Å². The van der Waals surface area contributed by atoms with Gasteiger partial charge in [-0.25, -0.2) is 4.79 Å². The average Bonchev–Trinajstić information content (AvgIpc) is 2.98. The first-order chi connectivity index (χ1) is 10.3. The van der Waals surface area contributed by atoms with Crippen LogP contribution in [0.2, 0.25) is 0 Å². The van der Waals surface area contributed by atoms with Crippen LogP contribution in [0.15, 0.2) is 16.7 Å². The minimum Gasteiger partial charge on any atom is -0.448 e. The molecule has 0 aliphatic carbocycles. The van der Waals surface area contributed by atoms with Gasteiger partial charge in [0, 0.05) is 17.7 Å². The lowest BCUT2D eigenvalue weighted by Crippen LogP contribution is -2.30. The van der Waals surface area contributed by atoms with Gasteiger partial charge in [0.15, 0.2) is 6.10 Å². The first kappa shape index (κ1) is 16.3. The van der Waals surface area contributed by atoms with Crippen LogP contribution in [0.4, 0.5) is 5.69 Å². The van der Waals surface area contributed by atoms with Crippen LogP contribution in [0.25, 0.3) is 0 Å². The van der Waals surface area contributed by atoms with Crippen LogP contribution in [0, 0.1) is 13.8 Å². The molecule has 0 aromatic carbocycles. The summed E-state index contributed by atoms with van der Waals surface area (Å²) in [6, 6.07) is 1.59. The minimum absolute atomic E-state index is 0.278. The summed E-state index contributed by atoms with van der Waals surface area (Å²) < 4.78 is 7.55. The number of anilines is 1. The largest absolute Gasteiger partial charge is 0.448 e. The summed E-state index contributed by atoms with van der Waals surface area (Å²) in [5.74, 6) is -0.994. The molecule has 22 heavy (non-hydrogen) atoms. The zero-order valence-electron chi connectivity index (χ0n) is 12.7. The van der Waals surface area contributed by atoms with Gasteiger partial charge in [-0.3, -0.25) is 9.48 Å². The molecule has 7 nitrogen and oxygen atoms in total. The molecule has 118 valence electrons. The van der Waals surface area contributed by atoms with Crippen molar-refractivity contribution in [3.63, 3.8) is 0 Å². The number of nitrogens with one attached hydrogen (secondary N) is 2. The number of H-pyrrole nitrogens is 1. The van der Waals surface area contributed by atoms with E-state index in [4.69, 9.17) is 4.74 Å². The number of aryl methyl sites for hydroxylation is 2. The Hall–Kier alpha value is -2.09. The first-order valence-corrected chi connectivity index (χ1v) is 7.45. The number of esters is 1. The van der Waals surface area contributed by atoms with Gasteiger partial charge in [0.2, 0.25) is 0 Å². The predicted molar refractivity (Wildman–Crippen MR) is 84.7 cm³/mol. The van der Waals surface area contributed by atoms with Crippen molar-refractivity contribution >= 4 is 33.5 Å². The maximum Gasteiger partial charge on any atom is 0.355 e. The van der Waals surface area contributed by atoms with Gasteiger partial charge >= 0.3 is 5.97 Å². The summed E-state index contributed by atoms with van der Waals surface area (Å²) in [6.07, 6.45) is 0.692. The standard InChI is InChI=1S/C14H17BrN4O3/c1-7-12(8(2)19(4)18-7)17-13(20)9(3)22-14(21)11-5-10(15)6-16-11/h5-6,9,16H,1-4H3,(H,17,20). The highest BCUT2D eigenvalue weighted by molar-refractivity contribution is 9.10. The lowest BCUT2D eigenvalue weighted by atomic mass is 10.3. The van der Waals surface area contributed by atoms with E-state index in [0.29, 0.717) is 11.4 Å². The fourth-order valence-electron chi connectivity index (χ4n) is 1.94. The third-order valence-corrected chi connectivity index (χ3v) is 3.74. The van der Waals surface area contributed by atoms with Crippen molar-refractivity contribution in [1.82, 2.24) is 14.8 Å². The Morgan fingerprint density at radius 3 is 2.64 bits per heavy atom. The number of rotatable bonds is 4.